The topological polar surface area (TPSA) is 65.2 Å². The van der Waals surface area contributed by atoms with Gasteiger partial charge in [-0.15, -0.1) is 0 Å². The van der Waals surface area contributed by atoms with E-state index >= 15 is 0 Å². The summed E-state index contributed by atoms with van der Waals surface area (Å²) in [4.78, 5) is 16.6. The lowest BCUT2D eigenvalue weighted by atomic mass is 9.93. The van der Waals surface area contributed by atoms with Gasteiger partial charge >= 0.3 is 0 Å². The number of para-hydroxylation sites is 1. The summed E-state index contributed by atoms with van der Waals surface area (Å²) in [6.07, 6.45) is 0. The molecule has 2 aromatic carbocycles. The van der Waals surface area contributed by atoms with Crippen LogP contribution in [0, 0.1) is 5.82 Å². The number of nitrogens with zero attached hydrogens (tertiary/aromatic N) is 1. The molecule has 0 fully saturated rings. The Bertz CT molecular complexity index is 942. The summed E-state index contributed by atoms with van der Waals surface area (Å²) in [7, 11) is 1.56. The SMILES string of the molecule is COc1ccccc1-c1cccc(C(C(N)=O)c2c(F)cccc2Cl)n1. The predicted octanol–water partition coefficient (Wildman–Crippen LogP) is 4.17. The number of amides is 1. The molecule has 1 unspecified atom stereocenters. The van der Waals surface area contributed by atoms with Crippen LogP contribution < -0.4 is 10.5 Å². The van der Waals surface area contributed by atoms with Crippen LogP contribution in [0.4, 0.5) is 4.39 Å². The lowest BCUT2D eigenvalue weighted by Crippen LogP contribution is -2.24. The fraction of sp³-hybridized carbons (Fsp3) is 0.100. The predicted molar refractivity (Wildman–Crippen MR) is 98.7 cm³/mol. The van der Waals surface area contributed by atoms with Crippen molar-refractivity contribution >= 4 is 17.5 Å². The number of halogens is 2. The first-order valence-electron chi connectivity index (χ1n) is 7.86. The van der Waals surface area contributed by atoms with Crippen LogP contribution in [0.5, 0.6) is 5.75 Å². The van der Waals surface area contributed by atoms with Crippen molar-refractivity contribution in [2.75, 3.05) is 7.11 Å². The molecule has 1 amide bonds. The molecule has 1 atom stereocenters. The molecule has 6 heteroatoms. The Labute approximate surface area is 155 Å². The Morgan fingerprint density at radius 3 is 2.54 bits per heavy atom. The molecule has 0 spiro atoms. The highest BCUT2D eigenvalue weighted by atomic mass is 35.5. The molecule has 0 saturated carbocycles. The van der Waals surface area contributed by atoms with Crippen molar-refractivity contribution in [2.45, 2.75) is 5.92 Å². The van der Waals surface area contributed by atoms with Crippen LogP contribution >= 0.6 is 11.6 Å². The zero-order chi connectivity index (χ0) is 18.7. The van der Waals surface area contributed by atoms with Crippen molar-refractivity contribution in [3.05, 3.63) is 82.8 Å². The zero-order valence-electron chi connectivity index (χ0n) is 13.9. The monoisotopic (exact) mass is 370 g/mol. The number of benzene rings is 2. The fourth-order valence-electron chi connectivity index (χ4n) is 2.84. The molecule has 132 valence electrons. The van der Waals surface area contributed by atoms with Gasteiger partial charge in [0.15, 0.2) is 0 Å². The molecule has 0 aliphatic heterocycles. The van der Waals surface area contributed by atoms with Crippen LogP contribution in [0.2, 0.25) is 5.02 Å². The molecule has 3 aromatic rings. The maximum Gasteiger partial charge on any atom is 0.231 e. The molecular formula is C20H16ClFN2O2. The molecule has 4 nitrogen and oxygen atoms in total. The minimum atomic E-state index is -1.10. The van der Waals surface area contributed by atoms with Gasteiger partial charge < -0.3 is 10.5 Å². The van der Waals surface area contributed by atoms with E-state index in [1.807, 2.05) is 24.3 Å². The van der Waals surface area contributed by atoms with E-state index in [2.05, 4.69) is 4.98 Å². The number of primary amides is 1. The Balaban J connectivity index is 2.15. The molecule has 1 heterocycles. The lowest BCUT2D eigenvalue weighted by Gasteiger charge is -2.17. The van der Waals surface area contributed by atoms with Crippen LogP contribution in [-0.2, 0) is 4.79 Å². The molecule has 0 aliphatic rings. The number of carbonyl (C=O) groups excluding carboxylic acids is 1. The maximum atomic E-state index is 14.3. The normalized spacial score (nSPS) is 11.8. The van der Waals surface area contributed by atoms with Crippen LogP contribution in [0.25, 0.3) is 11.3 Å². The van der Waals surface area contributed by atoms with Crippen molar-refractivity contribution in [3.63, 3.8) is 0 Å². The van der Waals surface area contributed by atoms with Gasteiger partial charge in [-0.2, -0.15) is 0 Å². The minimum Gasteiger partial charge on any atom is -0.496 e. The van der Waals surface area contributed by atoms with E-state index in [1.165, 1.54) is 18.2 Å². The van der Waals surface area contributed by atoms with Gasteiger partial charge in [0.2, 0.25) is 5.91 Å². The van der Waals surface area contributed by atoms with Gasteiger partial charge in [-0.3, -0.25) is 9.78 Å². The second-order valence-electron chi connectivity index (χ2n) is 5.62. The number of carbonyl (C=O) groups is 1. The van der Waals surface area contributed by atoms with Crippen LogP contribution in [0.15, 0.2) is 60.7 Å². The van der Waals surface area contributed by atoms with Gasteiger partial charge in [-0.05, 0) is 36.4 Å². The Morgan fingerprint density at radius 1 is 1.12 bits per heavy atom. The molecule has 1 aromatic heterocycles. The summed E-state index contributed by atoms with van der Waals surface area (Å²) in [6, 6.07) is 16.7. The Hall–Kier alpha value is -2.92. The molecule has 0 radical (unpaired) electrons. The van der Waals surface area contributed by atoms with Crippen molar-refractivity contribution in [3.8, 4) is 17.0 Å². The van der Waals surface area contributed by atoms with Gasteiger partial charge in [0.25, 0.3) is 0 Å². The van der Waals surface area contributed by atoms with Crippen LogP contribution in [-0.4, -0.2) is 18.0 Å². The Kier molecular flexibility index (Phi) is 5.19. The first kappa shape index (κ1) is 17.9. The van der Waals surface area contributed by atoms with Gasteiger partial charge in [-0.25, -0.2) is 4.39 Å². The highest BCUT2D eigenvalue weighted by Crippen LogP contribution is 2.34. The largest absolute Gasteiger partial charge is 0.496 e. The number of hydrogen-bond acceptors (Lipinski definition) is 3. The highest BCUT2D eigenvalue weighted by Gasteiger charge is 2.27. The molecule has 0 bridgehead atoms. The summed E-state index contributed by atoms with van der Waals surface area (Å²) in [5.74, 6) is -1.80. The van der Waals surface area contributed by atoms with Crippen molar-refractivity contribution in [2.24, 2.45) is 5.73 Å². The maximum absolute atomic E-state index is 14.3. The van der Waals surface area contributed by atoms with E-state index in [1.54, 1.807) is 25.3 Å². The average Bonchev–Trinajstić information content (AvgIpc) is 2.64. The first-order chi connectivity index (χ1) is 12.5. The van der Waals surface area contributed by atoms with E-state index < -0.39 is 17.6 Å². The van der Waals surface area contributed by atoms with E-state index in [0.29, 0.717) is 17.1 Å². The standard InChI is InChI=1S/C20H16ClFN2O2/c1-26-17-11-3-2-6-12(17)15-9-5-10-16(24-15)19(20(23)25)18-13(21)7-4-8-14(18)22/h2-11,19H,1H3,(H2,23,25). The molecule has 26 heavy (non-hydrogen) atoms. The molecule has 2 N–H and O–H groups in total. The summed E-state index contributed by atoms with van der Waals surface area (Å²) < 4.78 is 19.7. The van der Waals surface area contributed by atoms with E-state index in [0.717, 1.165) is 5.56 Å². The molecule has 0 saturated heterocycles. The summed E-state index contributed by atoms with van der Waals surface area (Å²) in [5.41, 5.74) is 7.22. The first-order valence-corrected chi connectivity index (χ1v) is 8.24. The number of aromatic nitrogens is 1. The number of nitrogens with two attached hydrogens (primary N) is 1. The van der Waals surface area contributed by atoms with E-state index in [9.17, 15) is 9.18 Å². The van der Waals surface area contributed by atoms with Crippen LogP contribution in [0.3, 0.4) is 0 Å². The number of methoxy groups -OCH3 is 1. The van der Waals surface area contributed by atoms with Crippen molar-refractivity contribution in [1.82, 2.24) is 4.98 Å². The quantitative estimate of drug-likeness (QED) is 0.733. The zero-order valence-corrected chi connectivity index (χ0v) is 14.7. The van der Waals surface area contributed by atoms with Gasteiger partial charge in [0, 0.05) is 16.1 Å². The van der Waals surface area contributed by atoms with Gasteiger partial charge in [0.05, 0.1) is 18.5 Å². The molecule has 0 aliphatic carbocycles. The lowest BCUT2D eigenvalue weighted by molar-refractivity contribution is -0.118. The third-order valence-electron chi connectivity index (χ3n) is 4.02. The highest BCUT2D eigenvalue weighted by molar-refractivity contribution is 6.31. The number of ether oxygens (including phenoxy) is 1. The van der Waals surface area contributed by atoms with E-state index in [4.69, 9.17) is 22.1 Å². The minimum absolute atomic E-state index is 0.0198. The second-order valence-corrected chi connectivity index (χ2v) is 6.03. The number of hydrogen-bond donors (Lipinski definition) is 1. The fourth-order valence-corrected chi connectivity index (χ4v) is 3.11. The van der Waals surface area contributed by atoms with Crippen molar-refractivity contribution < 1.29 is 13.9 Å². The third-order valence-corrected chi connectivity index (χ3v) is 4.35. The van der Waals surface area contributed by atoms with E-state index in [-0.39, 0.29) is 10.6 Å². The summed E-state index contributed by atoms with van der Waals surface area (Å²) in [6.45, 7) is 0. The summed E-state index contributed by atoms with van der Waals surface area (Å²) in [5, 5.41) is 0.123. The van der Waals surface area contributed by atoms with Crippen LogP contribution in [0.1, 0.15) is 17.2 Å². The van der Waals surface area contributed by atoms with Gasteiger partial charge in [0.1, 0.15) is 17.5 Å². The molecular weight excluding hydrogens is 355 g/mol. The molecule has 3 rings (SSSR count). The van der Waals surface area contributed by atoms with Gasteiger partial charge in [-0.1, -0.05) is 35.9 Å². The third kappa shape index (κ3) is 3.39. The Morgan fingerprint density at radius 2 is 1.85 bits per heavy atom. The summed E-state index contributed by atoms with van der Waals surface area (Å²) >= 11 is 6.13. The smallest absolute Gasteiger partial charge is 0.231 e. The second kappa shape index (κ2) is 7.54. The van der Waals surface area contributed by atoms with Crippen molar-refractivity contribution in [1.29, 1.82) is 0 Å². The number of rotatable bonds is 5. The number of pyridine rings is 1. The average molecular weight is 371 g/mol.